The van der Waals surface area contributed by atoms with Gasteiger partial charge in [0.1, 0.15) is 0 Å². The van der Waals surface area contributed by atoms with Crippen molar-refractivity contribution < 1.29 is 9.59 Å². The molecule has 3 atom stereocenters. The summed E-state index contributed by atoms with van der Waals surface area (Å²) in [6.07, 6.45) is 3.48. The van der Waals surface area contributed by atoms with Gasteiger partial charge >= 0.3 is 0 Å². The van der Waals surface area contributed by atoms with Gasteiger partial charge < -0.3 is 4.90 Å². The van der Waals surface area contributed by atoms with Crippen LogP contribution in [0.4, 0.5) is 0 Å². The fraction of sp³-hybridized carbons (Fsp3) is 0.556. The highest BCUT2D eigenvalue weighted by molar-refractivity contribution is 5.99. The molecular weight excluding hydrogens is 262 g/mol. The fourth-order valence-electron chi connectivity index (χ4n) is 3.26. The third kappa shape index (κ3) is 3.93. The van der Waals surface area contributed by atoms with Gasteiger partial charge in [-0.3, -0.25) is 9.59 Å². The van der Waals surface area contributed by atoms with E-state index in [1.165, 1.54) is 6.42 Å². The molecule has 1 aromatic carbocycles. The molecule has 0 spiro atoms. The van der Waals surface area contributed by atoms with Crippen molar-refractivity contribution in [3.05, 3.63) is 35.9 Å². The van der Waals surface area contributed by atoms with Crippen LogP contribution in [0.3, 0.4) is 0 Å². The number of likely N-dealkylation sites (N-methyl/N-ethyl adjacent to an activating group) is 1. The summed E-state index contributed by atoms with van der Waals surface area (Å²) in [5.74, 6) is 1.31. The molecule has 0 aromatic heterocycles. The van der Waals surface area contributed by atoms with Gasteiger partial charge in [0.2, 0.25) is 5.91 Å². The number of nitrogens with zero attached hydrogens (tertiary/aromatic N) is 1. The third-order valence-corrected chi connectivity index (χ3v) is 4.68. The molecule has 1 aromatic rings. The molecule has 1 amide bonds. The van der Waals surface area contributed by atoms with Gasteiger partial charge in [-0.2, -0.15) is 0 Å². The average Bonchev–Trinajstić information content (AvgIpc) is 2.93. The molecule has 3 heteroatoms. The zero-order chi connectivity index (χ0) is 15.4. The molecular formula is C18H25NO2. The lowest BCUT2D eigenvalue weighted by atomic mass is 9.90. The molecule has 1 aliphatic rings. The van der Waals surface area contributed by atoms with Crippen molar-refractivity contribution in [3.8, 4) is 0 Å². The first-order chi connectivity index (χ1) is 9.99. The molecule has 0 N–H and O–H groups in total. The van der Waals surface area contributed by atoms with Crippen molar-refractivity contribution in [2.75, 3.05) is 13.6 Å². The largest absolute Gasteiger partial charge is 0.338 e. The molecule has 0 radical (unpaired) electrons. The average molecular weight is 287 g/mol. The maximum atomic E-state index is 12.5. The van der Waals surface area contributed by atoms with E-state index in [0.29, 0.717) is 11.5 Å². The van der Waals surface area contributed by atoms with Crippen LogP contribution in [-0.2, 0) is 4.79 Å². The van der Waals surface area contributed by atoms with Crippen LogP contribution < -0.4 is 0 Å². The normalized spacial score (nSPS) is 22.8. The lowest BCUT2D eigenvalue weighted by Gasteiger charge is -2.24. The second-order valence-electron chi connectivity index (χ2n) is 6.45. The Bertz CT molecular complexity index is 497. The van der Waals surface area contributed by atoms with Crippen LogP contribution in [-0.4, -0.2) is 30.2 Å². The van der Waals surface area contributed by atoms with Crippen molar-refractivity contribution in [3.63, 3.8) is 0 Å². The summed E-state index contributed by atoms with van der Waals surface area (Å²) >= 11 is 0. The maximum Gasteiger partial charge on any atom is 0.225 e. The van der Waals surface area contributed by atoms with Crippen LogP contribution in [0.25, 0.3) is 0 Å². The number of hydrogen-bond acceptors (Lipinski definition) is 2. The molecule has 2 rings (SSSR count). The van der Waals surface area contributed by atoms with E-state index in [4.69, 9.17) is 0 Å². The Balaban J connectivity index is 1.92. The Morgan fingerprint density at radius 1 is 1.24 bits per heavy atom. The van der Waals surface area contributed by atoms with Crippen LogP contribution >= 0.6 is 0 Å². The molecule has 1 saturated carbocycles. The molecule has 0 heterocycles. The van der Waals surface area contributed by atoms with Gasteiger partial charge in [0, 0.05) is 18.5 Å². The van der Waals surface area contributed by atoms with E-state index in [1.54, 1.807) is 24.1 Å². The number of ketones is 1. The molecule has 0 aliphatic heterocycles. The predicted molar refractivity (Wildman–Crippen MR) is 84.1 cm³/mol. The van der Waals surface area contributed by atoms with E-state index in [9.17, 15) is 9.59 Å². The van der Waals surface area contributed by atoms with Crippen LogP contribution in [0, 0.1) is 17.8 Å². The number of hydrogen-bond donors (Lipinski definition) is 0. The van der Waals surface area contributed by atoms with E-state index in [1.807, 2.05) is 25.1 Å². The first-order valence-electron chi connectivity index (χ1n) is 7.82. The highest BCUT2D eigenvalue weighted by Crippen LogP contribution is 2.35. The van der Waals surface area contributed by atoms with Crippen molar-refractivity contribution in [2.24, 2.45) is 17.8 Å². The van der Waals surface area contributed by atoms with Gasteiger partial charge in [0.25, 0.3) is 0 Å². The zero-order valence-electron chi connectivity index (χ0n) is 13.2. The number of carbonyl (C=O) groups excluding carboxylic acids is 2. The monoisotopic (exact) mass is 287 g/mol. The second-order valence-corrected chi connectivity index (χ2v) is 6.45. The highest BCUT2D eigenvalue weighted by Gasteiger charge is 2.32. The SMILES string of the molecule is CC1CCC([C@H](C)C(=O)N(C)CC(=O)c2ccccc2)C1. The first kappa shape index (κ1) is 15.7. The smallest absolute Gasteiger partial charge is 0.225 e. The molecule has 114 valence electrons. The minimum atomic E-state index is -0.00144. The summed E-state index contributed by atoms with van der Waals surface area (Å²) < 4.78 is 0. The molecule has 3 nitrogen and oxygen atoms in total. The standard InChI is InChI=1S/C18H25NO2/c1-13-9-10-16(11-13)14(2)18(21)19(3)12-17(20)15-7-5-4-6-8-15/h4-8,13-14,16H,9-12H2,1-3H3/t13?,14-,16?/m0/s1. The summed E-state index contributed by atoms with van der Waals surface area (Å²) in [5, 5.41) is 0. The molecule has 1 fully saturated rings. The highest BCUT2D eigenvalue weighted by atomic mass is 16.2. The van der Waals surface area contributed by atoms with Gasteiger partial charge in [-0.15, -0.1) is 0 Å². The first-order valence-corrected chi connectivity index (χ1v) is 7.82. The number of amides is 1. The number of rotatable bonds is 5. The van der Waals surface area contributed by atoms with E-state index in [0.717, 1.165) is 18.8 Å². The van der Waals surface area contributed by atoms with Gasteiger partial charge in [-0.25, -0.2) is 0 Å². The minimum Gasteiger partial charge on any atom is -0.338 e. The summed E-state index contributed by atoms with van der Waals surface area (Å²) in [4.78, 5) is 26.2. The molecule has 1 aliphatic carbocycles. The van der Waals surface area contributed by atoms with Crippen molar-refractivity contribution in [2.45, 2.75) is 33.1 Å². The number of Topliss-reactive ketones (excluding diaryl/α,β-unsaturated/α-hetero) is 1. The molecule has 21 heavy (non-hydrogen) atoms. The van der Waals surface area contributed by atoms with Crippen LogP contribution in [0.15, 0.2) is 30.3 Å². The van der Waals surface area contributed by atoms with E-state index in [2.05, 4.69) is 6.92 Å². The second kappa shape index (κ2) is 6.88. The lowest BCUT2D eigenvalue weighted by molar-refractivity contribution is -0.134. The fourth-order valence-corrected chi connectivity index (χ4v) is 3.26. The Morgan fingerprint density at radius 2 is 1.90 bits per heavy atom. The third-order valence-electron chi connectivity index (χ3n) is 4.68. The van der Waals surface area contributed by atoms with E-state index in [-0.39, 0.29) is 24.2 Å². The van der Waals surface area contributed by atoms with Crippen LogP contribution in [0.2, 0.25) is 0 Å². The van der Waals surface area contributed by atoms with Gasteiger partial charge in [0.15, 0.2) is 5.78 Å². The summed E-state index contributed by atoms with van der Waals surface area (Å²) in [5.41, 5.74) is 0.666. The number of carbonyl (C=O) groups is 2. The Hall–Kier alpha value is -1.64. The van der Waals surface area contributed by atoms with E-state index >= 15 is 0 Å². The quantitative estimate of drug-likeness (QED) is 0.778. The minimum absolute atomic E-state index is 0.00144. The topological polar surface area (TPSA) is 37.4 Å². The predicted octanol–water partition coefficient (Wildman–Crippen LogP) is 3.40. The molecule has 0 saturated heterocycles. The zero-order valence-corrected chi connectivity index (χ0v) is 13.2. The van der Waals surface area contributed by atoms with E-state index < -0.39 is 0 Å². The lowest BCUT2D eigenvalue weighted by Crippen LogP contribution is -2.38. The van der Waals surface area contributed by atoms with Crippen molar-refractivity contribution in [1.29, 1.82) is 0 Å². The Kier molecular flexibility index (Phi) is 5.16. The van der Waals surface area contributed by atoms with Gasteiger partial charge in [-0.1, -0.05) is 50.6 Å². The van der Waals surface area contributed by atoms with Crippen LogP contribution in [0.1, 0.15) is 43.5 Å². The van der Waals surface area contributed by atoms with Gasteiger partial charge in [-0.05, 0) is 24.7 Å². The maximum absolute atomic E-state index is 12.5. The van der Waals surface area contributed by atoms with Gasteiger partial charge in [0.05, 0.1) is 6.54 Å². The summed E-state index contributed by atoms with van der Waals surface area (Å²) in [6.45, 7) is 4.42. The summed E-state index contributed by atoms with van der Waals surface area (Å²) in [7, 11) is 1.73. The van der Waals surface area contributed by atoms with Crippen molar-refractivity contribution in [1.82, 2.24) is 4.90 Å². The Morgan fingerprint density at radius 3 is 2.48 bits per heavy atom. The summed E-state index contributed by atoms with van der Waals surface area (Å²) in [6, 6.07) is 9.16. The Labute approximate surface area is 127 Å². The van der Waals surface area contributed by atoms with Crippen molar-refractivity contribution >= 4 is 11.7 Å². The molecule has 0 bridgehead atoms. The van der Waals surface area contributed by atoms with Crippen LogP contribution in [0.5, 0.6) is 0 Å². The number of benzene rings is 1. The molecule has 2 unspecified atom stereocenters.